The summed E-state index contributed by atoms with van der Waals surface area (Å²) in [6.07, 6.45) is 8.94. The highest BCUT2D eigenvalue weighted by molar-refractivity contribution is 5.19. The van der Waals surface area contributed by atoms with Crippen molar-refractivity contribution in [1.82, 2.24) is 5.32 Å². The van der Waals surface area contributed by atoms with E-state index >= 15 is 0 Å². The molecule has 0 rings (SSSR count). The van der Waals surface area contributed by atoms with Gasteiger partial charge in [-0.05, 0) is 26.0 Å². The largest absolute Gasteiger partial charge is 0.316 e. The fraction of sp³-hybridized carbons (Fsp3) is 0.600. The Bertz CT molecular complexity index is 134. The van der Waals surface area contributed by atoms with E-state index < -0.39 is 0 Å². The van der Waals surface area contributed by atoms with E-state index in [4.69, 9.17) is 0 Å². The molecular weight excluding hydrogens is 134 g/mol. The van der Waals surface area contributed by atoms with Crippen molar-refractivity contribution in [2.24, 2.45) is 0 Å². The van der Waals surface area contributed by atoms with E-state index in [-0.39, 0.29) is 0 Å². The summed E-state index contributed by atoms with van der Waals surface area (Å²) in [5.74, 6) is 0. The standard InChI is InChI=1S/C10H19N/c1-4-6-8-10(7-5-2)9-11-3/h5,7-8,11H,4,6,9H2,1-3H3/b7-5+,10-8+. The van der Waals surface area contributed by atoms with Gasteiger partial charge in [0.15, 0.2) is 0 Å². The van der Waals surface area contributed by atoms with Crippen molar-refractivity contribution in [3.63, 3.8) is 0 Å². The number of hydrogen-bond acceptors (Lipinski definition) is 1. The van der Waals surface area contributed by atoms with Crippen LogP contribution in [0.3, 0.4) is 0 Å². The third kappa shape index (κ3) is 5.86. The lowest BCUT2D eigenvalue weighted by molar-refractivity contribution is 0.876. The van der Waals surface area contributed by atoms with E-state index in [2.05, 4.69) is 37.4 Å². The summed E-state index contributed by atoms with van der Waals surface area (Å²) < 4.78 is 0. The first-order valence-electron chi connectivity index (χ1n) is 4.31. The molecule has 0 aliphatic rings. The molecule has 0 atom stereocenters. The average molecular weight is 153 g/mol. The normalized spacial score (nSPS) is 12.8. The predicted octanol–water partition coefficient (Wildman–Crippen LogP) is 2.51. The molecule has 0 radical (unpaired) electrons. The highest BCUT2D eigenvalue weighted by Gasteiger charge is 1.87. The first kappa shape index (κ1) is 10.4. The zero-order valence-corrected chi connectivity index (χ0v) is 7.85. The van der Waals surface area contributed by atoms with Crippen LogP contribution in [0.5, 0.6) is 0 Å². The second-order valence-electron chi connectivity index (χ2n) is 2.60. The quantitative estimate of drug-likeness (QED) is 0.598. The van der Waals surface area contributed by atoms with Crippen molar-refractivity contribution in [3.8, 4) is 0 Å². The maximum absolute atomic E-state index is 3.14. The summed E-state index contributed by atoms with van der Waals surface area (Å²) in [6, 6.07) is 0. The second-order valence-corrected chi connectivity index (χ2v) is 2.60. The van der Waals surface area contributed by atoms with Gasteiger partial charge in [-0.15, -0.1) is 0 Å². The second kappa shape index (κ2) is 7.55. The van der Waals surface area contributed by atoms with E-state index in [0.29, 0.717) is 0 Å². The van der Waals surface area contributed by atoms with Gasteiger partial charge in [-0.2, -0.15) is 0 Å². The first-order valence-corrected chi connectivity index (χ1v) is 4.31. The van der Waals surface area contributed by atoms with Crippen LogP contribution in [0, 0.1) is 0 Å². The molecule has 0 bridgehead atoms. The Hall–Kier alpha value is -0.560. The van der Waals surface area contributed by atoms with Gasteiger partial charge in [0.1, 0.15) is 0 Å². The molecule has 1 nitrogen and oxygen atoms in total. The van der Waals surface area contributed by atoms with E-state index in [1.807, 2.05) is 7.05 Å². The Morgan fingerprint density at radius 3 is 2.64 bits per heavy atom. The van der Waals surface area contributed by atoms with Crippen LogP contribution >= 0.6 is 0 Å². The summed E-state index contributed by atoms with van der Waals surface area (Å²) in [4.78, 5) is 0. The molecule has 0 aromatic heterocycles. The van der Waals surface area contributed by atoms with E-state index in [1.54, 1.807) is 0 Å². The molecule has 0 aromatic rings. The van der Waals surface area contributed by atoms with E-state index in [9.17, 15) is 0 Å². The minimum absolute atomic E-state index is 0.977. The van der Waals surface area contributed by atoms with Gasteiger partial charge in [0.05, 0.1) is 0 Å². The van der Waals surface area contributed by atoms with Crippen LogP contribution in [0.25, 0.3) is 0 Å². The number of rotatable bonds is 5. The molecular formula is C10H19N. The number of unbranched alkanes of at least 4 members (excludes halogenated alkanes) is 1. The van der Waals surface area contributed by atoms with Crippen molar-refractivity contribution < 1.29 is 0 Å². The summed E-state index contributed by atoms with van der Waals surface area (Å²) in [7, 11) is 1.98. The Kier molecular flexibility index (Phi) is 7.16. The monoisotopic (exact) mass is 153 g/mol. The topological polar surface area (TPSA) is 12.0 Å². The molecule has 0 heterocycles. The Labute approximate surface area is 70.2 Å². The van der Waals surface area contributed by atoms with Crippen LogP contribution in [0.2, 0.25) is 0 Å². The SMILES string of the molecule is C/C=C/C(=C\CCC)CNC. The molecule has 1 N–H and O–H groups in total. The first-order chi connectivity index (χ1) is 5.35. The highest BCUT2D eigenvalue weighted by Crippen LogP contribution is 1.99. The van der Waals surface area contributed by atoms with Gasteiger partial charge in [0, 0.05) is 6.54 Å². The summed E-state index contributed by atoms with van der Waals surface area (Å²) in [6.45, 7) is 5.23. The van der Waals surface area contributed by atoms with Crippen LogP contribution in [0.1, 0.15) is 26.7 Å². The summed E-state index contributed by atoms with van der Waals surface area (Å²) in [5, 5.41) is 3.14. The number of likely N-dealkylation sites (N-methyl/N-ethyl adjacent to an activating group) is 1. The minimum atomic E-state index is 0.977. The molecule has 0 fully saturated rings. The molecule has 11 heavy (non-hydrogen) atoms. The zero-order valence-electron chi connectivity index (χ0n) is 7.85. The smallest absolute Gasteiger partial charge is 0.0199 e. The molecule has 64 valence electrons. The molecule has 0 unspecified atom stereocenters. The Morgan fingerprint density at radius 2 is 2.18 bits per heavy atom. The van der Waals surface area contributed by atoms with Crippen LogP contribution in [-0.4, -0.2) is 13.6 Å². The van der Waals surface area contributed by atoms with Gasteiger partial charge in [0.2, 0.25) is 0 Å². The molecule has 0 aromatic carbocycles. The van der Waals surface area contributed by atoms with Crippen molar-refractivity contribution in [3.05, 3.63) is 23.8 Å². The van der Waals surface area contributed by atoms with Crippen molar-refractivity contribution in [2.45, 2.75) is 26.7 Å². The van der Waals surface area contributed by atoms with Crippen molar-refractivity contribution in [1.29, 1.82) is 0 Å². The lowest BCUT2D eigenvalue weighted by atomic mass is 10.2. The molecule has 0 aliphatic heterocycles. The van der Waals surface area contributed by atoms with Crippen LogP contribution in [0.4, 0.5) is 0 Å². The third-order valence-corrected chi connectivity index (χ3v) is 1.46. The molecule has 0 saturated heterocycles. The zero-order chi connectivity index (χ0) is 8.53. The summed E-state index contributed by atoms with van der Waals surface area (Å²) in [5.41, 5.74) is 1.39. The van der Waals surface area contributed by atoms with E-state index in [1.165, 1.54) is 18.4 Å². The van der Waals surface area contributed by atoms with Crippen LogP contribution in [0.15, 0.2) is 23.8 Å². The maximum Gasteiger partial charge on any atom is 0.0199 e. The lowest BCUT2D eigenvalue weighted by Gasteiger charge is -1.99. The highest BCUT2D eigenvalue weighted by atomic mass is 14.8. The fourth-order valence-electron chi connectivity index (χ4n) is 0.947. The maximum atomic E-state index is 3.14. The average Bonchev–Trinajstić information content (AvgIpc) is 2.01. The molecule has 1 heteroatoms. The molecule has 0 saturated carbocycles. The van der Waals surface area contributed by atoms with E-state index in [0.717, 1.165) is 6.54 Å². The molecule has 0 spiro atoms. The van der Waals surface area contributed by atoms with Gasteiger partial charge in [-0.1, -0.05) is 31.6 Å². The van der Waals surface area contributed by atoms with Gasteiger partial charge in [0.25, 0.3) is 0 Å². The minimum Gasteiger partial charge on any atom is -0.316 e. The van der Waals surface area contributed by atoms with Crippen LogP contribution < -0.4 is 5.32 Å². The van der Waals surface area contributed by atoms with Crippen molar-refractivity contribution >= 4 is 0 Å². The van der Waals surface area contributed by atoms with Crippen LogP contribution in [-0.2, 0) is 0 Å². The third-order valence-electron chi connectivity index (χ3n) is 1.46. The number of hydrogen-bond donors (Lipinski definition) is 1. The molecule has 0 amide bonds. The number of allylic oxidation sites excluding steroid dienone is 2. The van der Waals surface area contributed by atoms with Gasteiger partial charge in [-0.3, -0.25) is 0 Å². The number of nitrogens with one attached hydrogen (secondary N) is 1. The molecule has 0 aliphatic carbocycles. The Balaban J connectivity index is 3.86. The van der Waals surface area contributed by atoms with Gasteiger partial charge in [-0.25, -0.2) is 0 Å². The van der Waals surface area contributed by atoms with Crippen molar-refractivity contribution in [2.75, 3.05) is 13.6 Å². The Morgan fingerprint density at radius 1 is 1.45 bits per heavy atom. The van der Waals surface area contributed by atoms with Gasteiger partial charge < -0.3 is 5.32 Å². The fourth-order valence-corrected chi connectivity index (χ4v) is 0.947. The van der Waals surface area contributed by atoms with Gasteiger partial charge >= 0.3 is 0 Å². The predicted molar refractivity (Wildman–Crippen MR) is 51.7 cm³/mol. The summed E-state index contributed by atoms with van der Waals surface area (Å²) >= 11 is 0. The lowest BCUT2D eigenvalue weighted by Crippen LogP contribution is -2.09.